The first-order valence-electron chi connectivity index (χ1n) is 7.58. The van der Waals surface area contributed by atoms with Gasteiger partial charge in [0, 0.05) is 30.6 Å². The molecule has 0 atom stereocenters. The van der Waals surface area contributed by atoms with E-state index in [4.69, 9.17) is 4.52 Å². The predicted molar refractivity (Wildman–Crippen MR) is 92.6 cm³/mol. The van der Waals surface area contributed by atoms with E-state index < -0.39 is 5.91 Å². The molecule has 0 spiro atoms. The maximum atomic E-state index is 12.6. The zero-order valence-corrected chi connectivity index (χ0v) is 13.8. The summed E-state index contributed by atoms with van der Waals surface area (Å²) in [6, 6.07) is 13.8. The molecule has 0 unspecified atom stereocenters. The second kappa shape index (κ2) is 6.96. The summed E-state index contributed by atoms with van der Waals surface area (Å²) in [6.07, 6.45) is 1.43. The van der Waals surface area contributed by atoms with Crippen LogP contribution in [0.1, 0.15) is 26.6 Å². The van der Waals surface area contributed by atoms with Crippen LogP contribution in [0.5, 0.6) is 0 Å². The Labute approximate surface area is 144 Å². The standard InChI is InChI=1S/C18H16N4O3/c1-12-10-16(21-25-12)20-17(23)13-8-9-19-15(11-13)18(24)22(2)14-6-4-3-5-7-14/h3-11H,1-2H3,(H,20,21,23). The molecule has 2 heterocycles. The average molecular weight is 336 g/mol. The van der Waals surface area contributed by atoms with Crippen LogP contribution < -0.4 is 10.2 Å². The van der Waals surface area contributed by atoms with E-state index in [1.807, 2.05) is 30.3 Å². The van der Waals surface area contributed by atoms with Crippen LogP contribution in [0.3, 0.4) is 0 Å². The van der Waals surface area contributed by atoms with Crippen molar-refractivity contribution in [3.8, 4) is 0 Å². The first-order chi connectivity index (χ1) is 12.0. The van der Waals surface area contributed by atoms with Gasteiger partial charge in [0.05, 0.1) is 0 Å². The molecule has 2 aromatic heterocycles. The van der Waals surface area contributed by atoms with E-state index in [9.17, 15) is 9.59 Å². The Morgan fingerprint density at radius 2 is 1.88 bits per heavy atom. The zero-order chi connectivity index (χ0) is 17.8. The highest BCUT2D eigenvalue weighted by molar-refractivity contribution is 6.08. The highest BCUT2D eigenvalue weighted by Crippen LogP contribution is 2.15. The van der Waals surface area contributed by atoms with Crippen LogP contribution >= 0.6 is 0 Å². The fourth-order valence-electron chi connectivity index (χ4n) is 2.24. The Morgan fingerprint density at radius 3 is 2.56 bits per heavy atom. The van der Waals surface area contributed by atoms with Crippen molar-refractivity contribution in [1.29, 1.82) is 0 Å². The molecule has 3 rings (SSSR count). The number of carbonyl (C=O) groups excluding carboxylic acids is 2. The third-order valence-corrected chi connectivity index (χ3v) is 3.56. The topological polar surface area (TPSA) is 88.3 Å². The number of anilines is 2. The van der Waals surface area contributed by atoms with E-state index >= 15 is 0 Å². The zero-order valence-electron chi connectivity index (χ0n) is 13.8. The summed E-state index contributed by atoms with van der Waals surface area (Å²) in [5.74, 6) is 0.198. The molecule has 0 aliphatic heterocycles. The number of pyridine rings is 1. The molecule has 7 heteroatoms. The fraction of sp³-hybridized carbons (Fsp3) is 0.111. The van der Waals surface area contributed by atoms with E-state index in [0.717, 1.165) is 5.69 Å². The van der Waals surface area contributed by atoms with Crippen LogP contribution in [0.15, 0.2) is 59.3 Å². The maximum absolute atomic E-state index is 12.6. The van der Waals surface area contributed by atoms with Crippen LogP contribution in [-0.2, 0) is 0 Å². The molecule has 25 heavy (non-hydrogen) atoms. The molecule has 0 aliphatic rings. The third-order valence-electron chi connectivity index (χ3n) is 3.56. The van der Waals surface area contributed by atoms with Crippen molar-refractivity contribution < 1.29 is 14.1 Å². The lowest BCUT2D eigenvalue weighted by Crippen LogP contribution is -2.27. The number of benzene rings is 1. The predicted octanol–water partition coefficient (Wildman–Crippen LogP) is 2.91. The second-order valence-electron chi connectivity index (χ2n) is 5.41. The van der Waals surface area contributed by atoms with Crippen molar-refractivity contribution in [2.75, 3.05) is 17.3 Å². The quantitative estimate of drug-likeness (QED) is 0.791. The van der Waals surface area contributed by atoms with Crippen molar-refractivity contribution >= 4 is 23.3 Å². The van der Waals surface area contributed by atoms with E-state index in [1.54, 1.807) is 20.0 Å². The van der Waals surface area contributed by atoms with Crippen LogP contribution in [0, 0.1) is 6.92 Å². The fourth-order valence-corrected chi connectivity index (χ4v) is 2.24. The van der Waals surface area contributed by atoms with Gasteiger partial charge in [-0.25, -0.2) is 0 Å². The molecule has 0 radical (unpaired) electrons. The lowest BCUT2D eigenvalue weighted by atomic mass is 10.2. The van der Waals surface area contributed by atoms with Gasteiger partial charge in [-0.05, 0) is 31.2 Å². The summed E-state index contributed by atoms with van der Waals surface area (Å²) in [4.78, 5) is 30.4. The number of aryl methyl sites for hydroxylation is 1. The van der Waals surface area contributed by atoms with Crippen molar-refractivity contribution in [3.05, 3.63) is 71.7 Å². The van der Waals surface area contributed by atoms with Crippen LogP contribution in [0.4, 0.5) is 11.5 Å². The van der Waals surface area contributed by atoms with E-state index in [-0.39, 0.29) is 11.6 Å². The van der Waals surface area contributed by atoms with Gasteiger partial charge in [-0.3, -0.25) is 14.6 Å². The Hall–Kier alpha value is -3.48. The van der Waals surface area contributed by atoms with E-state index in [1.165, 1.54) is 23.2 Å². The number of amides is 2. The largest absolute Gasteiger partial charge is 0.360 e. The summed E-state index contributed by atoms with van der Waals surface area (Å²) < 4.78 is 4.91. The smallest absolute Gasteiger partial charge is 0.276 e. The van der Waals surface area contributed by atoms with Crippen LogP contribution in [0.2, 0.25) is 0 Å². The van der Waals surface area contributed by atoms with Gasteiger partial charge in [-0.15, -0.1) is 0 Å². The molecule has 0 saturated heterocycles. The highest BCUT2D eigenvalue weighted by atomic mass is 16.5. The molecule has 0 fully saturated rings. The maximum Gasteiger partial charge on any atom is 0.276 e. The number of para-hydroxylation sites is 1. The van der Waals surface area contributed by atoms with Crippen molar-refractivity contribution in [2.45, 2.75) is 6.92 Å². The summed E-state index contributed by atoms with van der Waals surface area (Å²) in [5.41, 5.74) is 1.22. The average Bonchev–Trinajstić information content (AvgIpc) is 3.06. The SMILES string of the molecule is Cc1cc(NC(=O)c2ccnc(C(=O)N(C)c3ccccc3)c2)no1. The Balaban J connectivity index is 1.79. The molecule has 2 amide bonds. The minimum absolute atomic E-state index is 0.176. The minimum Gasteiger partial charge on any atom is -0.360 e. The summed E-state index contributed by atoms with van der Waals surface area (Å²) in [7, 11) is 1.66. The Bertz CT molecular complexity index is 905. The summed E-state index contributed by atoms with van der Waals surface area (Å²) in [5, 5.41) is 6.32. The van der Waals surface area contributed by atoms with Gasteiger partial charge in [0.2, 0.25) is 0 Å². The van der Waals surface area contributed by atoms with Crippen molar-refractivity contribution in [1.82, 2.24) is 10.1 Å². The first-order valence-corrected chi connectivity index (χ1v) is 7.58. The molecule has 3 aromatic rings. The van der Waals surface area contributed by atoms with Crippen molar-refractivity contribution in [3.63, 3.8) is 0 Å². The number of nitrogens with one attached hydrogen (secondary N) is 1. The highest BCUT2D eigenvalue weighted by Gasteiger charge is 2.17. The molecule has 1 N–H and O–H groups in total. The van der Waals surface area contributed by atoms with Crippen LogP contribution in [-0.4, -0.2) is 29.0 Å². The molecule has 0 aliphatic carbocycles. The van der Waals surface area contributed by atoms with Gasteiger partial charge < -0.3 is 14.7 Å². The summed E-state index contributed by atoms with van der Waals surface area (Å²) in [6.45, 7) is 1.73. The molecular weight excluding hydrogens is 320 g/mol. The Kier molecular flexibility index (Phi) is 4.56. The molecule has 126 valence electrons. The number of nitrogens with zero attached hydrogens (tertiary/aromatic N) is 3. The minimum atomic E-state index is -0.396. The molecule has 0 bridgehead atoms. The Morgan fingerprint density at radius 1 is 1.12 bits per heavy atom. The third kappa shape index (κ3) is 3.72. The van der Waals surface area contributed by atoms with E-state index in [0.29, 0.717) is 17.1 Å². The number of carbonyl (C=O) groups is 2. The molecule has 7 nitrogen and oxygen atoms in total. The first kappa shape index (κ1) is 16.4. The van der Waals surface area contributed by atoms with Crippen molar-refractivity contribution in [2.24, 2.45) is 0 Å². The normalized spacial score (nSPS) is 10.3. The number of hydrogen-bond donors (Lipinski definition) is 1. The lowest BCUT2D eigenvalue weighted by Gasteiger charge is -2.16. The molecular formula is C18H16N4O3. The molecule has 0 saturated carbocycles. The van der Waals surface area contributed by atoms with Gasteiger partial charge in [0.15, 0.2) is 5.82 Å². The lowest BCUT2D eigenvalue weighted by molar-refractivity contribution is 0.0988. The summed E-state index contributed by atoms with van der Waals surface area (Å²) >= 11 is 0. The number of aromatic nitrogens is 2. The van der Waals surface area contributed by atoms with Crippen LogP contribution in [0.25, 0.3) is 0 Å². The monoisotopic (exact) mass is 336 g/mol. The van der Waals surface area contributed by atoms with Gasteiger partial charge in [-0.1, -0.05) is 23.4 Å². The second-order valence-corrected chi connectivity index (χ2v) is 5.41. The van der Waals surface area contributed by atoms with E-state index in [2.05, 4.69) is 15.5 Å². The van der Waals surface area contributed by atoms with Gasteiger partial charge in [-0.2, -0.15) is 0 Å². The number of rotatable bonds is 4. The molecule has 1 aromatic carbocycles. The number of hydrogen-bond acceptors (Lipinski definition) is 5. The van der Waals surface area contributed by atoms with Gasteiger partial charge >= 0.3 is 0 Å². The van der Waals surface area contributed by atoms with Gasteiger partial charge in [0.25, 0.3) is 11.8 Å². The van der Waals surface area contributed by atoms with Gasteiger partial charge in [0.1, 0.15) is 11.5 Å².